The van der Waals surface area contributed by atoms with Crippen molar-refractivity contribution in [2.75, 3.05) is 0 Å². The van der Waals surface area contributed by atoms with Crippen molar-refractivity contribution < 1.29 is 0 Å². The van der Waals surface area contributed by atoms with E-state index in [2.05, 4.69) is 21.8 Å². The van der Waals surface area contributed by atoms with Crippen LogP contribution in [0.3, 0.4) is 0 Å². The zero-order chi connectivity index (χ0) is 16.8. The summed E-state index contributed by atoms with van der Waals surface area (Å²) in [5.41, 5.74) is 16.0. The van der Waals surface area contributed by atoms with Gasteiger partial charge in [0.2, 0.25) is 0 Å². The van der Waals surface area contributed by atoms with Crippen molar-refractivity contribution in [1.82, 2.24) is 0 Å². The smallest absolute Gasteiger partial charge is 0.154 e. The Balaban J connectivity index is 1.68. The Hall–Kier alpha value is -3.72. The van der Waals surface area contributed by atoms with Crippen molar-refractivity contribution in [1.29, 1.82) is 10.8 Å². The van der Waals surface area contributed by atoms with Gasteiger partial charge in [0.05, 0.1) is 0 Å². The zero-order valence-corrected chi connectivity index (χ0v) is 12.5. The predicted octanol–water partition coefficient (Wildman–Crippen LogP) is 1.17. The number of nitrogens with zero attached hydrogens (tertiary/aromatic N) is 2. The van der Waals surface area contributed by atoms with Gasteiger partial charge in [-0.2, -0.15) is 0 Å². The van der Waals surface area contributed by atoms with E-state index in [-0.39, 0.29) is 11.7 Å². The Kier molecular flexibility index (Phi) is 2.84. The molecule has 2 heterocycles. The van der Waals surface area contributed by atoms with Gasteiger partial charge in [0.15, 0.2) is 11.7 Å². The Labute approximate surface area is 138 Å². The van der Waals surface area contributed by atoms with Crippen LogP contribution in [0.4, 0.5) is 0 Å². The first-order valence-electron chi connectivity index (χ1n) is 7.20. The average Bonchev–Trinajstić information content (AvgIpc) is 3.02. The minimum atomic E-state index is 0.157. The Morgan fingerprint density at radius 3 is 1.50 bits per heavy atom. The Bertz CT molecular complexity index is 979. The molecule has 114 valence electrons. The molecule has 6 nitrogen and oxygen atoms in total. The molecule has 0 atom stereocenters. The third-order valence-corrected chi connectivity index (χ3v) is 3.92. The molecule has 2 aliphatic rings. The van der Waals surface area contributed by atoms with Crippen molar-refractivity contribution in [3.8, 4) is 11.8 Å². The van der Waals surface area contributed by atoms with Crippen molar-refractivity contribution in [3.05, 3.63) is 69.8 Å². The highest BCUT2D eigenvalue weighted by atomic mass is 14.9. The number of aliphatic imine (C=N–C) groups is 2. The van der Waals surface area contributed by atoms with Gasteiger partial charge in [-0.15, -0.1) is 0 Å². The van der Waals surface area contributed by atoms with E-state index in [9.17, 15) is 0 Å². The van der Waals surface area contributed by atoms with Gasteiger partial charge in [0, 0.05) is 33.4 Å². The van der Waals surface area contributed by atoms with Crippen LogP contribution in [0.1, 0.15) is 33.4 Å². The summed E-state index contributed by atoms with van der Waals surface area (Å²) in [4.78, 5) is 7.90. The molecular weight excluding hydrogens is 300 g/mol. The van der Waals surface area contributed by atoms with Crippen LogP contribution in [0, 0.1) is 22.7 Å². The third kappa shape index (κ3) is 2.08. The molecule has 2 aromatic rings. The van der Waals surface area contributed by atoms with Gasteiger partial charge in [0.25, 0.3) is 0 Å². The van der Waals surface area contributed by atoms with Gasteiger partial charge in [-0.3, -0.25) is 10.8 Å². The van der Waals surface area contributed by atoms with Crippen LogP contribution in [-0.4, -0.2) is 23.3 Å². The maximum atomic E-state index is 7.81. The van der Waals surface area contributed by atoms with Gasteiger partial charge < -0.3 is 11.5 Å². The number of nitrogens with one attached hydrogen (secondary N) is 2. The van der Waals surface area contributed by atoms with Gasteiger partial charge in [-0.25, -0.2) is 9.98 Å². The van der Waals surface area contributed by atoms with E-state index in [1.807, 2.05) is 36.4 Å². The number of hydrogen-bond acceptors (Lipinski definition) is 4. The number of fused-ring (bicyclic) bond motifs is 2. The first kappa shape index (κ1) is 13.9. The van der Waals surface area contributed by atoms with E-state index >= 15 is 0 Å². The summed E-state index contributed by atoms with van der Waals surface area (Å²) in [7, 11) is 0. The highest BCUT2D eigenvalue weighted by Crippen LogP contribution is 2.20. The lowest BCUT2D eigenvalue weighted by molar-refractivity contribution is 1.44. The lowest BCUT2D eigenvalue weighted by atomic mass is 10.0. The SMILES string of the molecule is N=C1N=C(N)c2ccc(C#Cc3ccc4c(c3)C(=N)N=C4N)cc21. The Morgan fingerprint density at radius 1 is 0.667 bits per heavy atom. The zero-order valence-electron chi connectivity index (χ0n) is 12.5. The van der Waals surface area contributed by atoms with Crippen molar-refractivity contribution in [3.63, 3.8) is 0 Å². The molecular formula is C18H12N6. The van der Waals surface area contributed by atoms with Gasteiger partial charge in [-0.05, 0) is 36.4 Å². The fourth-order valence-corrected chi connectivity index (χ4v) is 2.71. The van der Waals surface area contributed by atoms with E-state index in [0.29, 0.717) is 22.8 Å². The fourth-order valence-electron chi connectivity index (χ4n) is 2.71. The van der Waals surface area contributed by atoms with Crippen LogP contribution in [0.25, 0.3) is 0 Å². The molecule has 0 spiro atoms. The van der Waals surface area contributed by atoms with E-state index in [4.69, 9.17) is 22.3 Å². The molecule has 6 heteroatoms. The van der Waals surface area contributed by atoms with Crippen LogP contribution in [0.2, 0.25) is 0 Å². The maximum Gasteiger partial charge on any atom is 0.154 e. The number of nitrogens with two attached hydrogens (primary N) is 2. The molecule has 0 fully saturated rings. The standard InChI is InChI=1S/C18H12N6/c19-15-11-5-3-9(7-13(11)17(21)23-15)1-2-10-4-6-12-14(8-10)18(22)24-16(12)20/h3-8H,(H3,19,21,23)(H3,20,22,24). The van der Waals surface area contributed by atoms with Gasteiger partial charge in [0.1, 0.15) is 11.7 Å². The molecule has 4 rings (SSSR count). The number of hydrogen-bond donors (Lipinski definition) is 4. The summed E-state index contributed by atoms with van der Waals surface area (Å²) in [6.45, 7) is 0. The quantitative estimate of drug-likeness (QED) is 0.545. The summed E-state index contributed by atoms with van der Waals surface area (Å²) < 4.78 is 0. The van der Waals surface area contributed by atoms with Crippen LogP contribution in [0.5, 0.6) is 0 Å². The molecule has 0 amide bonds. The van der Waals surface area contributed by atoms with Crippen LogP contribution in [0.15, 0.2) is 46.4 Å². The second-order valence-electron chi connectivity index (χ2n) is 5.46. The molecule has 2 aliphatic heterocycles. The first-order valence-corrected chi connectivity index (χ1v) is 7.20. The monoisotopic (exact) mass is 312 g/mol. The van der Waals surface area contributed by atoms with E-state index in [1.165, 1.54) is 0 Å². The molecule has 2 aromatic carbocycles. The molecule has 0 unspecified atom stereocenters. The topological polar surface area (TPSA) is 124 Å². The van der Waals surface area contributed by atoms with Crippen LogP contribution in [-0.2, 0) is 0 Å². The summed E-state index contributed by atoms with van der Waals surface area (Å²) >= 11 is 0. The largest absolute Gasteiger partial charge is 0.383 e. The van der Waals surface area contributed by atoms with E-state index in [1.54, 1.807) is 0 Å². The van der Waals surface area contributed by atoms with Crippen LogP contribution >= 0.6 is 0 Å². The second kappa shape index (κ2) is 4.89. The predicted molar refractivity (Wildman–Crippen MR) is 94.0 cm³/mol. The summed E-state index contributed by atoms with van der Waals surface area (Å²) in [5, 5.41) is 15.6. The molecule has 0 radical (unpaired) electrons. The minimum absolute atomic E-state index is 0.157. The third-order valence-electron chi connectivity index (χ3n) is 3.92. The van der Waals surface area contributed by atoms with Gasteiger partial charge in [-0.1, -0.05) is 11.8 Å². The van der Waals surface area contributed by atoms with E-state index in [0.717, 1.165) is 22.3 Å². The average molecular weight is 312 g/mol. The molecule has 0 aromatic heterocycles. The second-order valence-corrected chi connectivity index (χ2v) is 5.46. The van der Waals surface area contributed by atoms with Crippen LogP contribution < -0.4 is 11.5 Å². The first-order chi connectivity index (χ1) is 11.5. The molecule has 0 aliphatic carbocycles. The minimum Gasteiger partial charge on any atom is -0.383 e. The molecule has 0 saturated carbocycles. The maximum absolute atomic E-state index is 7.81. The molecule has 6 N–H and O–H groups in total. The summed E-state index contributed by atoms with van der Waals surface area (Å²) in [6.07, 6.45) is 0. The molecule has 24 heavy (non-hydrogen) atoms. The summed E-state index contributed by atoms with van der Waals surface area (Å²) in [5.74, 6) is 7.18. The number of amidine groups is 4. The lowest BCUT2D eigenvalue weighted by Gasteiger charge is -2.00. The molecule has 0 bridgehead atoms. The number of benzene rings is 2. The fraction of sp³-hybridized carbons (Fsp3) is 0. The number of rotatable bonds is 0. The lowest BCUT2D eigenvalue weighted by Crippen LogP contribution is -2.10. The van der Waals surface area contributed by atoms with Crippen molar-refractivity contribution in [2.45, 2.75) is 0 Å². The summed E-state index contributed by atoms with van der Waals surface area (Å²) in [6, 6.07) is 11.0. The van der Waals surface area contributed by atoms with E-state index < -0.39 is 0 Å². The normalized spacial score (nSPS) is 14.5. The van der Waals surface area contributed by atoms with Crippen molar-refractivity contribution >= 4 is 23.3 Å². The highest BCUT2D eigenvalue weighted by Gasteiger charge is 2.19. The Morgan fingerprint density at radius 2 is 1.08 bits per heavy atom. The van der Waals surface area contributed by atoms with Crippen molar-refractivity contribution in [2.24, 2.45) is 21.5 Å². The van der Waals surface area contributed by atoms with Gasteiger partial charge >= 0.3 is 0 Å². The molecule has 0 saturated heterocycles. The highest BCUT2D eigenvalue weighted by molar-refractivity contribution is 6.21.